The van der Waals surface area contributed by atoms with Gasteiger partial charge in [-0.15, -0.1) is 11.3 Å². The average molecular weight is 268 g/mol. The lowest BCUT2D eigenvalue weighted by Crippen LogP contribution is -2.29. The second-order valence-electron chi connectivity index (χ2n) is 3.67. The third-order valence-corrected chi connectivity index (χ3v) is 3.05. The van der Waals surface area contributed by atoms with Crippen molar-refractivity contribution in [1.82, 2.24) is 5.43 Å². The molecule has 0 radical (unpaired) electrons. The highest BCUT2D eigenvalue weighted by atomic mass is 32.1. The Morgan fingerprint density at radius 2 is 2.24 bits per heavy atom. The van der Waals surface area contributed by atoms with Crippen molar-refractivity contribution in [3.63, 3.8) is 0 Å². The molecule has 0 spiro atoms. The van der Waals surface area contributed by atoms with Crippen LogP contribution in [0.15, 0.2) is 11.4 Å². The molecule has 0 saturated heterocycles. The van der Waals surface area contributed by atoms with Crippen LogP contribution in [-0.4, -0.2) is 19.4 Å². The van der Waals surface area contributed by atoms with Gasteiger partial charge in [-0.25, -0.2) is 0 Å². The fourth-order valence-corrected chi connectivity index (χ4v) is 2.14. The predicted octanol–water partition coefficient (Wildman–Crippen LogP) is 2.53. The Morgan fingerprint density at radius 1 is 1.53 bits per heavy atom. The molecule has 0 aliphatic rings. The van der Waals surface area contributed by atoms with Gasteiger partial charge in [0.25, 0.3) is 0 Å². The highest BCUT2D eigenvalue weighted by Crippen LogP contribution is 2.22. The maximum Gasteiger partial charge on any atom is 0.411 e. The summed E-state index contributed by atoms with van der Waals surface area (Å²) in [5.74, 6) is 5.36. The molecule has 3 nitrogen and oxygen atoms in total. The maximum absolute atomic E-state index is 11.8. The zero-order valence-electron chi connectivity index (χ0n) is 9.38. The fourth-order valence-electron chi connectivity index (χ4n) is 1.38. The zero-order valence-corrected chi connectivity index (χ0v) is 10.2. The molecule has 98 valence electrons. The highest BCUT2D eigenvalue weighted by Gasteiger charge is 2.27. The second kappa shape index (κ2) is 6.34. The number of nitrogens with one attached hydrogen (secondary N) is 1. The Morgan fingerprint density at radius 3 is 2.71 bits per heavy atom. The van der Waals surface area contributed by atoms with Crippen LogP contribution in [0.5, 0.6) is 0 Å². The van der Waals surface area contributed by atoms with Crippen molar-refractivity contribution in [2.45, 2.75) is 25.6 Å². The van der Waals surface area contributed by atoms with E-state index in [9.17, 15) is 13.2 Å². The first kappa shape index (κ1) is 14.4. The van der Waals surface area contributed by atoms with Crippen LogP contribution < -0.4 is 11.3 Å². The third kappa shape index (κ3) is 5.49. The van der Waals surface area contributed by atoms with E-state index < -0.39 is 12.8 Å². The van der Waals surface area contributed by atoms with Gasteiger partial charge in [-0.1, -0.05) is 0 Å². The number of rotatable bonds is 6. The number of hydrazine groups is 1. The van der Waals surface area contributed by atoms with Crippen molar-refractivity contribution in [2.24, 2.45) is 5.84 Å². The summed E-state index contributed by atoms with van der Waals surface area (Å²) in [7, 11) is 0. The van der Waals surface area contributed by atoms with Crippen LogP contribution in [0.3, 0.4) is 0 Å². The number of nitrogens with two attached hydrogens (primary N) is 1. The minimum Gasteiger partial charge on any atom is -0.372 e. The van der Waals surface area contributed by atoms with Crippen LogP contribution in [0.1, 0.15) is 22.9 Å². The van der Waals surface area contributed by atoms with Crippen LogP contribution in [-0.2, 0) is 4.74 Å². The second-order valence-corrected chi connectivity index (χ2v) is 4.78. The molecular formula is C10H15F3N2OS. The van der Waals surface area contributed by atoms with E-state index in [-0.39, 0.29) is 12.6 Å². The number of ether oxygens (including phenoxy) is 1. The van der Waals surface area contributed by atoms with Gasteiger partial charge in [0.2, 0.25) is 0 Å². The lowest BCUT2D eigenvalue weighted by Gasteiger charge is -2.15. The number of thiophene rings is 1. The Hall–Kier alpha value is -0.630. The van der Waals surface area contributed by atoms with Crippen molar-refractivity contribution >= 4 is 11.3 Å². The normalized spacial score (nSPS) is 13.9. The van der Waals surface area contributed by atoms with Crippen LogP contribution in [0.2, 0.25) is 0 Å². The SMILES string of the molecule is Cc1cc(C(CCOCC(F)(F)F)NN)cs1. The molecule has 17 heavy (non-hydrogen) atoms. The van der Waals surface area contributed by atoms with Gasteiger partial charge in [0.15, 0.2) is 0 Å². The van der Waals surface area contributed by atoms with Gasteiger partial charge in [-0.2, -0.15) is 13.2 Å². The molecule has 0 aliphatic heterocycles. The van der Waals surface area contributed by atoms with E-state index in [2.05, 4.69) is 10.2 Å². The molecule has 1 heterocycles. The summed E-state index contributed by atoms with van der Waals surface area (Å²) < 4.78 is 40.0. The first-order valence-electron chi connectivity index (χ1n) is 5.08. The summed E-state index contributed by atoms with van der Waals surface area (Å²) >= 11 is 1.58. The lowest BCUT2D eigenvalue weighted by atomic mass is 10.1. The molecule has 0 aliphatic carbocycles. The minimum absolute atomic E-state index is 0.0171. The molecule has 0 bridgehead atoms. The fraction of sp³-hybridized carbons (Fsp3) is 0.600. The smallest absolute Gasteiger partial charge is 0.372 e. The van der Waals surface area contributed by atoms with Gasteiger partial charge in [0, 0.05) is 17.5 Å². The topological polar surface area (TPSA) is 47.3 Å². The Balaban J connectivity index is 2.33. The number of hydrogen-bond acceptors (Lipinski definition) is 4. The Bertz CT molecular complexity index is 341. The van der Waals surface area contributed by atoms with Crippen LogP contribution >= 0.6 is 11.3 Å². The summed E-state index contributed by atoms with van der Waals surface area (Å²) in [4.78, 5) is 1.14. The molecule has 1 aromatic rings. The first-order valence-corrected chi connectivity index (χ1v) is 5.96. The first-order chi connectivity index (χ1) is 7.92. The lowest BCUT2D eigenvalue weighted by molar-refractivity contribution is -0.174. The van der Waals surface area contributed by atoms with Crippen LogP contribution in [0, 0.1) is 6.92 Å². The minimum atomic E-state index is -4.27. The molecule has 0 aromatic carbocycles. The van der Waals surface area contributed by atoms with Crippen molar-refractivity contribution in [3.8, 4) is 0 Å². The van der Waals surface area contributed by atoms with Gasteiger partial charge in [-0.05, 0) is 30.4 Å². The average Bonchev–Trinajstić information content (AvgIpc) is 2.63. The van der Waals surface area contributed by atoms with Crippen molar-refractivity contribution in [3.05, 3.63) is 21.9 Å². The van der Waals surface area contributed by atoms with Crippen molar-refractivity contribution in [1.29, 1.82) is 0 Å². The summed E-state index contributed by atoms with van der Waals surface area (Å²) in [5.41, 5.74) is 3.55. The van der Waals surface area contributed by atoms with Gasteiger partial charge >= 0.3 is 6.18 Å². The van der Waals surface area contributed by atoms with E-state index in [4.69, 9.17) is 5.84 Å². The van der Waals surface area contributed by atoms with Gasteiger partial charge in [0.1, 0.15) is 6.61 Å². The quantitative estimate of drug-likeness (QED) is 0.473. The molecule has 0 amide bonds. The van der Waals surface area contributed by atoms with E-state index in [0.717, 1.165) is 10.4 Å². The number of alkyl halides is 3. The molecular weight excluding hydrogens is 253 g/mol. The predicted molar refractivity (Wildman–Crippen MR) is 60.6 cm³/mol. The van der Waals surface area contributed by atoms with Gasteiger partial charge < -0.3 is 4.74 Å². The molecule has 3 N–H and O–H groups in total. The number of halogens is 3. The van der Waals surface area contributed by atoms with Crippen LogP contribution in [0.25, 0.3) is 0 Å². The molecule has 0 fully saturated rings. The number of hydrogen-bond donors (Lipinski definition) is 2. The van der Waals surface area contributed by atoms with E-state index in [0.29, 0.717) is 6.42 Å². The Kier molecular flexibility index (Phi) is 5.38. The van der Waals surface area contributed by atoms with E-state index >= 15 is 0 Å². The molecule has 1 atom stereocenters. The summed E-state index contributed by atoms with van der Waals surface area (Å²) in [6.07, 6.45) is -3.87. The maximum atomic E-state index is 11.8. The molecule has 1 rings (SSSR count). The van der Waals surface area contributed by atoms with E-state index in [1.54, 1.807) is 11.3 Å². The molecule has 1 unspecified atom stereocenters. The molecule has 7 heteroatoms. The third-order valence-electron chi connectivity index (χ3n) is 2.17. The number of aryl methyl sites for hydroxylation is 1. The monoisotopic (exact) mass is 268 g/mol. The standard InChI is InChI=1S/C10H15F3N2OS/c1-7-4-8(5-17-7)9(15-14)2-3-16-6-10(11,12)13/h4-5,9,15H,2-3,6,14H2,1H3. The highest BCUT2D eigenvalue weighted by molar-refractivity contribution is 7.10. The summed E-state index contributed by atoms with van der Waals surface area (Å²) in [6, 6.07) is 1.78. The zero-order chi connectivity index (χ0) is 12.9. The van der Waals surface area contributed by atoms with Crippen molar-refractivity contribution < 1.29 is 17.9 Å². The molecule has 1 aromatic heterocycles. The van der Waals surface area contributed by atoms with E-state index in [1.807, 2.05) is 18.4 Å². The molecule has 0 saturated carbocycles. The van der Waals surface area contributed by atoms with Crippen LogP contribution in [0.4, 0.5) is 13.2 Å². The van der Waals surface area contributed by atoms with Gasteiger partial charge in [0.05, 0.1) is 0 Å². The van der Waals surface area contributed by atoms with E-state index in [1.165, 1.54) is 0 Å². The summed E-state index contributed by atoms with van der Waals surface area (Å²) in [6.45, 7) is 0.762. The van der Waals surface area contributed by atoms with Crippen molar-refractivity contribution in [2.75, 3.05) is 13.2 Å². The largest absolute Gasteiger partial charge is 0.411 e. The summed E-state index contributed by atoms with van der Waals surface area (Å²) in [5, 5.41) is 1.93. The van der Waals surface area contributed by atoms with Gasteiger partial charge in [-0.3, -0.25) is 11.3 Å². The Labute approximate surface area is 102 Å².